The Morgan fingerprint density at radius 2 is 1.29 bits per heavy atom. The molecule has 0 aliphatic heterocycles. The van der Waals surface area contributed by atoms with Crippen molar-refractivity contribution in [2.45, 2.75) is 25.7 Å². The van der Waals surface area contributed by atoms with E-state index in [9.17, 15) is 0 Å². The first-order valence-corrected chi connectivity index (χ1v) is 2.65. The van der Waals surface area contributed by atoms with Crippen LogP contribution in [0.3, 0.4) is 0 Å². The van der Waals surface area contributed by atoms with Crippen molar-refractivity contribution >= 4 is 0 Å². The van der Waals surface area contributed by atoms with Crippen molar-refractivity contribution in [2.24, 2.45) is 0 Å². The Morgan fingerprint density at radius 1 is 0.857 bits per heavy atom. The molecule has 0 spiro atoms. The first-order valence-electron chi connectivity index (χ1n) is 2.65. The molecule has 0 N–H and O–H groups in total. The maximum absolute atomic E-state index is 2.27. The van der Waals surface area contributed by atoms with Crippen LogP contribution in [0, 0.1) is 0 Å². The van der Waals surface area contributed by atoms with Gasteiger partial charge in [0.15, 0.2) is 0 Å². The smallest absolute Gasteiger partial charge is 0 e. The van der Waals surface area contributed by atoms with E-state index in [1.807, 2.05) is 0 Å². The van der Waals surface area contributed by atoms with Crippen molar-refractivity contribution in [3.05, 3.63) is 12.2 Å². The minimum absolute atomic E-state index is 0. The fraction of sp³-hybridized carbons (Fsp3) is 0.667. The zero-order valence-corrected chi connectivity index (χ0v) is 7.66. The van der Waals surface area contributed by atoms with E-state index in [1.165, 1.54) is 25.7 Å². The van der Waals surface area contributed by atoms with E-state index in [-0.39, 0.29) is 19.5 Å². The van der Waals surface area contributed by atoms with Gasteiger partial charge in [-0.1, -0.05) is 12.2 Å². The molecule has 0 nitrogen and oxygen atoms in total. The van der Waals surface area contributed by atoms with Gasteiger partial charge in [-0.2, -0.15) is 0 Å². The summed E-state index contributed by atoms with van der Waals surface area (Å²) in [6.45, 7) is 0. The van der Waals surface area contributed by atoms with Gasteiger partial charge in [-0.15, -0.1) is 0 Å². The van der Waals surface area contributed by atoms with Crippen LogP contribution in [-0.4, -0.2) is 0 Å². The van der Waals surface area contributed by atoms with Gasteiger partial charge in [-0.25, -0.2) is 0 Å². The molecule has 1 aliphatic rings. The summed E-state index contributed by atoms with van der Waals surface area (Å²) in [6, 6.07) is 0. The predicted molar refractivity (Wildman–Crippen MR) is 27.6 cm³/mol. The summed E-state index contributed by atoms with van der Waals surface area (Å²) < 4.78 is 0. The number of hydrogen-bond donors (Lipinski definition) is 0. The van der Waals surface area contributed by atoms with Gasteiger partial charge in [0.1, 0.15) is 0 Å². The fourth-order valence-corrected chi connectivity index (χ4v) is 0.760. The minimum Gasteiger partial charge on any atom is -0.0885 e. The van der Waals surface area contributed by atoms with E-state index < -0.39 is 0 Å². The molecule has 0 fully saturated rings. The van der Waals surface area contributed by atoms with E-state index in [0.717, 1.165) is 0 Å². The van der Waals surface area contributed by atoms with Crippen molar-refractivity contribution in [1.29, 1.82) is 0 Å². The molecule has 0 atom stereocenters. The molecule has 0 aromatic rings. The standard InChI is InChI=1S/C6H10.Zn/c1-2-4-6-5-3-1;/h1-2H,3-6H2;. The van der Waals surface area contributed by atoms with Gasteiger partial charge in [0.05, 0.1) is 0 Å². The molecule has 0 saturated heterocycles. The maximum Gasteiger partial charge on any atom is 0 e. The Morgan fingerprint density at radius 3 is 1.43 bits per heavy atom. The molecule has 0 saturated carbocycles. The van der Waals surface area contributed by atoms with Crippen LogP contribution in [-0.2, 0) is 19.5 Å². The molecule has 7 heavy (non-hydrogen) atoms. The number of allylic oxidation sites excluding steroid dienone is 2. The third-order valence-corrected chi connectivity index (χ3v) is 1.16. The van der Waals surface area contributed by atoms with E-state index in [2.05, 4.69) is 12.2 Å². The number of rotatable bonds is 0. The van der Waals surface area contributed by atoms with Crippen LogP contribution in [0.15, 0.2) is 12.2 Å². The molecule has 36 valence electrons. The first kappa shape index (κ1) is 7.36. The second kappa shape index (κ2) is 4.52. The number of hydrogen-bond acceptors (Lipinski definition) is 0. The van der Waals surface area contributed by atoms with Crippen molar-refractivity contribution in [3.63, 3.8) is 0 Å². The van der Waals surface area contributed by atoms with E-state index in [4.69, 9.17) is 0 Å². The molecular weight excluding hydrogens is 137 g/mol. The third kappa shape index (κ3) is 2.99. The van der Waals surface area contributed by atoms with Crippen molar-refractivity contribution in [2.75, 3.05) is 0 Å². The summed E-state index contributed by atoms with van der Waals surface area (Å²) >= 11 is 0. The minimum atomic E-state index is 0. The van der Waals surface area contributed by atoms with E-state index >= 15 is 0 Å². The molecule has 0 aromatic heterocycles. The quantitative estimate of drug-likeness (QED) is 0.364. The fourth-order valence-electron chi connectivity index (χ4n) is 0.760. The zero-order valence-electron chi connectivity index (χ0n) is 4.69. The zero-order chi connectivity index (χ0) is 4.24. The SMILES string of the molecule is C1=CCCCC1.[Zn]. The Kier molecular flexibility index (Phi) is 4.76. The van der Waals surface area contributed by atoms with Gasteiger partial charge < -0.3 is 0 Å². The largest absolute Gasteiger partial charge is 0.0885 e. The van der Waals surface area contributed by atoms with Crippen LogP contribution in [0.2, 0.25) is 0 Å². The molecule has 1 rings (SSSR count). The van der Waals surface area contributed by atoms with Gasteiger partial charge in [0, 0.05) is 19.5 Å². The molecule has 0 unspecified atom stereocenters. The molecule has 0 bridgehead atoms. The summed E-state index contributed by atoms with van der Waals surface area (Å²) in [5.74, 6) is 0. The average molecular weight is 148 g/mol. The normalized spacial score (nSPS) is 18.3. The van der Waals surface area contributed by atoms with Gasteiger partial charge in [0.2, 0.25) is 0 Å². The van der Waals surface area contributed by atoms with Crippen LogP contribution in [0.1, 0.15) is 25.7 Å². The summed E-state index contributed by atoms with van der Waals surface area (Å²) in [5.41, 5.74) is 0. The van der Waals surface area contributed by atoms with Crippen LogP contribution in [0.5, 0.6) is 0 Å². The Bertz CT molecular complexity index is 49.2. The predicted octanol–water partition coefficient (Wildman–Crippen LogP) is 2.11. The molecule has 0 heterocycles. The van der Waals surface area contributed by atoms with E-state index in [1.54, 1.807) is 0 Å². The van der Waals surface area contributed by atoms with Gasteiger partial charge >= 0.3 is 0 Å². The molecule has 0 radical (unpaired) electrons. The van der Waals surface area contributed by atoms with Gasteiger partial charge in [-0.05, 0) is 25.7 Å². The Hall–Kier alpha value is 0.363. The topological polar surface area (TPSA) is 0 Å². The van der Waals surface area contributed by atoms with Crippen molar-refractivity contribution in [1.82, 2.24) is 0 Å². The van der Waals surface area contributed by atoms with Crippen LogP contribution < -0.4 is 0 Å². The second-order valence-corrected chi connectivity index (χ2v) is 1.76. The first-order chi connectivity index (χ1) is 3.00. The molecular formula is C6H10Zn. The molecule has 1 aliphatic carbocycles. The molecule has 1 heteroatoms. The monoisotopic (exact) mass is 146 g/mol. The third-order valence-electron chi connectivity index (χ3n) is 1.16. The van der Waals surface area contributed by atoms with Gasteiger partial charge in [-0.3, -0.25) is 0 Å². The van der Waals surface area contributed by atoms with Crippen molar-refractivity contribution in [3.8, 4) is 0 Å². The summed E-state index contributed by atoms with van der Waals surface area (Å²) in [7, 11) is 0. The Labute approximate surface area is 57.8 Å². The van der Waals surface area contributed by atoms with E-state index in [0.29, 0.717) is 0 Å². The van der Waals surface area contributed by atoms with Crippen LogP contribution >= 0.6 is 0 Å². The molecule has 0 amide bonds. The Balaban J connectivity index is 0.000000360. The summed E-state index contributed by atoms with van der Waals surface area (Å²) in [6.07, 6.45) is 10.0. The maximum atomic E-state index is 2.27. The van der Waals surface area contributed by atoms with Gasteiger partial charge in [0.25, 0.3) is 0 Å². The second-order valence-electron chi connectivity index (χ2n) is 1.76. The summed E-state index contributed by atoms with van der Waals surface area (Å²) in [4.78, 5) is 0. The summed E-state index contributed by atoms with van der Waals surface area (Å²) in [5, 5.41) is 0. The average Bonchev–Trinajstić information content (AvgIpc) is 1.72. The van der Waals surface area contributed by atoms with Crippen LogP contribution in [0.25, 0.3) is 0 Å². The van der Waals surface area contributed by atoms with Crippen LogP contribution in [0.4, 0.5) is 0 Å². The molecule has 0 aromatic carbocycles. The van der Waals surface area contributed by atoms with Crippen molar-refractivity contribution < 1.29 is 19.5 Å².